The first-order valence-corrected chi connectivity index (χ1v) is 10.2. The third kappa shape index (κ3) is 3.59. The standard InChI is InChI=1S/C26H21NO4/c1-3-15(2)23(28)16-11-13-17(14-12-16)26(31)27-21-10-6-9-20-22(21)25(30)19-8-5-4-7-18(19)24(20)29/h4-15H,3H2,1-2H3,(H,27,31). The Bertz CT molecular complexity index is 1220. The first-order valence-electron chi connectivity index (χ1n) is 10.2. The van der Waals surface area contributed by atoms with Gasteiger partial charge in [-0.25, -0.2) is 0 Å². The minimum absolute atomic E-state index is 0.0364. The molecule has 0 spiro atoms. The fourth-order valence-corrected chi connectivity index (χ4v) is 3.70. The highest BCUT2D eigenvalue weighted by molar-refractivity contribution is 6.30. The van der Waals surface area contributed by atoms with Crippen molar-refractivity contribution in [1.29, 1.82) is 0 Å². The summed E-state index contributed by atoms with van der Waals surface area (Å²) in [6, 6.07) is 18.0. The molecule has 3 aromatic carbocycles. The molecule has 154 valence electrons. The van der Waals surface area contributed by atoms with Crippen molar-refractivity contribution in [1.82, 2.24) is 0 Å². The predicted octanol–water partition coefficient (Wildman–Crippen LogP) is 4.94. The van der Waals surface area contributed by atoms with Gasteiger partial charge in [0.1, 0.15) is 0 Å². The van der Waals surface area contributed by atoms with E-state index in [2.05, 4.69) is 5.32 Å². The molecule has 4 rings (SSSR count). The summed E-state index contributed by atoms with van der Waals surface area (Å²) in [4.78, 5) is 51.0. The van der Waals surface area contributed by atoms with Crippen LogP contribution in [0.3, 0.4) is 0 Å². The molecule has 0 radical (unpaired) electrons. The first kappa shape index (κ1) is 20.4. The van der Waals surface area contributed by atoms with E-state index < -0.39 is 5.91 Å². The molecule has 5 heteroatoms. The molecule has 3 aromatic rings. The molecule has 1 aliphatic rings. The van der Waals surface area contributed by atoms with E-state index in [-0.39, 0.29) is 40.1 Å². The molecular formula is C26H21NO4. The summed E-state index contributed by atoms with van der Waals surface area (Å²) in [5, 5.41) is 2.75. The second kappa shape index (κ2) is 8.11. The number of ketones is 3. The van der Waals surface area contributed by atoms with E-state index in [0.717, 1.165) is 6.42 Å². The average molecular weight is 411 g/mol. The molecule has 1 amide bonds. The molecule has 0 aromatic heterocycles. The van der Waals surface area contributed by atoms with Crippen LogP contribution in [0.15, 0.2) is 66.7 Å². The van der Waals surface area contributed by atoms with Crippen LogP contribution in [0.1, 0.15) is 72.8 Å². The van der Waals surface area contributed by atoms with E-state index in [1.54, 1.807) is 66.7 Å². The zero-order valence-corrected chi connectivity index (χ0v) is 17.3. The van der Waals surface area contributed by atoms with Gasteiger partial charge >= 0.3 is 0 Å². The maximum Gasteiger partial charge on any atom is 0.255 e. The van der Waals surface area contributed by atoms with Crippen LogP contribution in [0, 0.1) is 5.92 Å². The summed E-state index contributed by atoms with van der Waals surface area (Å²) in [7, 11) is 0. The van der Waals surface area contributed by atoms with Crippen LogP contribution in [0.4, 0.5) is 5.69 Å². The van der Waals surface area contributed by atoms with Crippen LogP contribution in [0.25, 0.3) is 0 Å². The first-order chi connectivity index (χ1) is 14.9. The fourth-order valence-electron chi connectivity index (χ4n) is 3.70. The Morgan fingerprint density at radius 2 is 1.35 bits per heavy atom. The lowest BCUT2D eigenvalue weighted by atomic mass is 9.83. The van der Waals surface area contributed by atoms with Crippen LogP contribution in [0.2, 0.25) is 0 Å². The second-order valence-electron chi connectivity index (χ2n) is 7.64. The van der Waals surface area contributed by atoms with Crippen LogP contribution in [-0.2, 0) is 0 Å². The highest BCUT2D eigenvalue weighted by Gasteiger charge is 2.31. The Kier molecular flexibility index (Phi) is 5.34. The van der Waals surface area contributed by atoms with E-state index in [9.17, 15) is 19.2 Å². The van der Waals surface area contributed by atoms with Gasteiger partial charge in [-0.15, -0.1) is 0 Å². The number of anilines is 1. The van der Waals surface area contributed by atoms with Crippen molar-refractivity contribution in [2.24, 2.45) is 5.92 Å². The topological polar surface area (TPSA) is 80.3 Å². The number of benzene rings is 3. The lowest BCUT2D eigenvalue weighted by Crippen LogP contribution is -2.24. The summed E-state index contributed by atoms with van der Waals surface area (Å²) in [5.41, 5.74) is 2.36. The van der Waals surface area contributed by atoms with Gasteiger partial charge in [-0.05, 0) is 24.6 Å². The fraction of sp³-hybridized carbons (Fsp3) is 0.154. The predicted molar refractivity (Wildman–Crippen MR) is 118 cm³/mol. The number of nitrogens with one attached hydrogen (secondary N) is 1. The van der Waals surface area contributed by atoms with Crippen molar-refractivity contribution < 1.29 is 19.2 Å². The molecule has 5 nitrogen and oxygen atoms in total. The van der Waals surface area contributed by atoms with Gasteiger partial charge in [0.2, 0.25) is 0 Å². The third-order valence-electron chi connectivity index (χ3n) is 5.69. The highest BCUT2D eigenvalue weighted by atomic mass is 16.2. The molecule has 1 N–H and O–H groups in total. The molecular weight excluding hydrogens is 390 g/mol. The van der Waals surface area contributed by atoms with Crippen molar-refractivity contribution in [3.05, 3.63) is 100 Å². The van der Waals surface area contributed by atoms with Crippen LogP contribution in [-0.4, -0.2) is 23.3 Å². The largest absolute Gasteiger partial charge is 0.321 e. The number of hydrogen-bond acceptors (Lipinski definition) is 4. The maximum atomic E-state index is 13.1. The molecule has 0 saturated carbocycles. The van der Waals surface area contributed by atoms with Gasteiger partial charge in [0.15, 0.2) is 17.3 Å². The smallest absolute Gasteiger partial charge is 0.255 e. The molecule has 0 aliphatic heterocycles. The number of fused-ring (bicyclic) bond motifs is 2. The molecule has 1 aliphatic carbocycles. The van der Waals surface area contributed by atoms with E-state index in [1.807, 2.05) is 13.8 Å². The van der Waals surface area contributed by atoms with Gasteiger partial charge in [0.05, 0.1) is 11.3 Å². The number of Topliss-reactive ketones (excluding diaryl/α,β-unsaturated/α-hetero) is 1. The number of hydrogen-bond donors (Lipinski definition) is 1. The summed E-state index contributed by atoms with van der Waals surface area (Å²) in [6.45, 7) is 3.83. The van der Waals surface area contributed by atoms with E-state index in [4.69, 9.17) is 0 Å². The SMILES string of the molecule is CCC(C)C(=O)c1ccc(C(=O)Nc2cccc3c2C(=O)c2ccccc2C3=O)cc1. The average Bonchev–Trinajstić information content (AvgIpc) is 2.81. The van der Waals surface area contributed by atoms with Crippen LogP contribution in [0.5, 0.6) is 0 Å². The van der Waals surface area contributed by atoms with Crippen molar-refractivity contribution in [2.75, 3.05) is 5.32 Å². The minimum atomic E-state index is -0.421. The van der Waals surface area contributed by atoms with Crippen LogP contribution < -0.4 is 5.32 Å². The summed E-state index contributed by atoms with van der Waals surface area (Å²) >= 11 is 0. The summed E-state index contributed by atoms with van der Waals surface area (Å²) in [5.74, 6) is -1.00. The summed E-state index contributed by atoms with van der Waals surface area (Å²) in [6.07, 6.45) is 0.746. The zero-order valence-electron chi connectivity index (χ0n) is 17.3. The minimum Gasteiger partial charge on any atom is -0.321 e. The van der Waals surface area contributed by atoms with Gasteiger partial charge in [0.25, 0.3) is 5.91 Å². The third-order valence-corrected chi connectivity index (χ3v) is 5.69. The van der Waals surface area contributed by atoms with Gasteiger partial charge < -0.3 is 5.32 Å². The normalized spacial score (nSPS) is 13.2. The second-order valence-corrected chi connectivity index (χ2v) is 7.64. The molecule has 31 heavy (non-hydrogen) atoms. The Labute approximate surface area is 180 Å². The van der Waals surface area contributed by atoms with Crippen molar-refractivity contribution >= 4 is 28.9 Å². The van der Waals surface area contributed by atoms with Crippen LogP contribution >= 0.6 is 0 Å². The van der Waals surface area contributed by atoms with Gasteiger partial charge in [-0.1, -0.05) is 62.4 Å². The van der Waals surface area contributed by atoms with Crippen molar-refractivity contribution in [2.45, 2.75) is 20.3 Å². The molecule has 0 bridgehead atoms. The molecule has 1 unspecified atom stereocenters. The monoisotopic (exact) mass is 411 g/mol. The quantitative estimate of drug-likeness (QED) is 0.472. The number of carbonyl (C=O) groups excluding carboxylic acids is 4. The maximum absolute atomic E-state index is 13.1. The Balaban J connectivity index is 1.63. The molecule has 0 fully saturated rings. The van der Waals surface area contributed by atoms with E-state index in [1.165, 1.54) is 0 Å². The lowest BCUT2D eigenvalue weighted by Gasteiger charge is -2.20. The lowest BCUT2D eigenvalue weighted by molar-refractivity contribution is 0.0925. The molecule has 0 heterocycles. The zero-order chi connectivity index (χ0) is 22.1. The van der Waals surface area contributed by atoms with E-state index in [0.29, 0.717) is 22.3 Å². The van der Waals surface area contributed by atoms with Gasteiger partial charge in [-0.2, -0.15) is 0 Å². The highest BCUT2D eigenvalue weighted by Crippen LogP contribution is 2.32. The number of rotatable bonds is 5. The molecule has 1 atom stereocenters. The summed E-state index contributed by atoms with van der Waals surface area (Å²) < 4.78 is 0. The van der Waals surface area contributed by atoms with Gasteiger partial charge in [-0.3, -0.25) is 19.2 Å². The van der Waals surface area contributed by atoms with Crippen molar-refractivity contribution in [3.63, 3.8) is 0 Å². The number of amides is 1. The Morgan fingerprint density at radius 1 is 0.774 bits per heavy atom. The van der Waals surface area contributed by atoms with E-state index >= 15 is 0 Å². The Hall–Kier alpha value is -3.86. The van der Waals surface area contributed by atoms with Gasteiger partial charge in [0, 0.05) is 33.7 Å². The van der Waals surface area contributed by atoms with Crippen molar-refractivity contribution in [3.8, 4) is 0 Å². The molecule has 0 saturated heterocycles. The number of carbonyl (C=O) groups is 4. The Morgan fingerprint density at radius 3 is 2.00 bits per heavy atom.